The fraction of sp³-hybridized carbons (Fsp3) is 0.400. The molecule has 1 atom stereocenters. The van der Waals surface area contributed by atoms with Crippen LogP contribution in [-0.4, -0.2) is 23.6 Å². The zero-order valence-corrected chi connectivity index (χ0v) is 11.9. The zero-order chi connectivity index (χ0) is 14.0. The van der Waals surface area contributed by atoms with Crippen molar-refractivity contribution in [3.63, 3.8) is 0 Å². The molecule has 1 aromatic carbocycles. The first-order valence-electron chi connectivity index (χ1n) is 6.48. The van der Waals surface area contributed by atoms with Gasteiger partial charge in [-0.3, -0.25) is 0 Å². The van der Waals surface area contributed by atoms with Gasteiger partial charge < -0.3 is 15.5 Å². The summed E-state index contributed by atoms with van der Waals surface area (Å²) >= 11 is 0. The molecule has 0 saturated carbocycles. The van der Waals surface area contributed by atoms with Crippen molar-refractivity contribution >= 4 is 0 Å². The van der Waals surface area contributed by atoms with Crippen LogP contribution in [0.1, 0.15) is 29.8 Å². The van der Waals surface area contributed by atoms with Gasteiger partial charge in [-0.15, -0.1) is 0 Å². The maximum absolute atomic E-state index is 5.67. The molecule has 0 aliphatic heterocycles. The van der Waals surface area contributed by atoms with E-state index < -0.39 is 0 Å². The van der Waals surface area contributed by atoms with Crippen LogP contribution in [0, 0.1) is 13.8 Å². The third-order valence-electron chi connectivity index (χ3n) is 3.66. The number of ether oxygens (including phenoxy) is 1. The molecule has 1 aromatic heterocycles. The molecule has 4 nitrogen and oxygen atoms in total. The number of benzene rings is 1. The van der Waals surface area contributed by atoms with Gasteiger partial charge >= 0.3 is 0 Å². The molecule has 4 heteroatoms. The molecule has 0 radical (unpaired) electrons. The van der Waals surface area contributed by atoms with E-state index in [9.17, 15) is 0 Å². The summed E-state index contributed by atoms with van der Waals surface area (Å²) < 4.78 is 5.34. The Morgan fingerprint density at radius 3 is 2.68 bits per heavy atom. The highest BCUT2D eigenvalue weighted by atomic mass is 16.5. The number of hydrogen-bond acceptors (Lipinski definition) is 3. The first-order chi connectivity index (χ1) is 9.08. The minimum absolute atomic E-state index is 0.244. The van der Waals surface area contributed by atoms with Gasteiger partial charge in [0, 0.05) is 18.0 Å². The Bertz CT molecular complexity index is 575. The third-order valence-corrected chi connectivity index (χ3v) is 3.66. The molecule has 2 aromatic rings. The predicted octanol–water partition coefficient (Wildman–Crippen LogP) is 2.76. The van der Waals surface area contributed by atoms with Gasteiger partial charge in [-0.05, 0) is 37.1 Å². The largest absolute Gasteiger partial charge is 0.496 e. The molecular formula is C15H21N3O. The van der Waals surface area contributed by atoms with E-state index >= 15 is 0 Å². The topological polar surface area (TPSA) is 63.9 Å². The monoisotopic (exact) mass is 259 g/mol. The summed E-state index contributed by atoms with van der Waals surface area (Å²) in [6.45, 7) is 6.82. The van der Waals surface area contributed by atoms with Crippen LogP contribution in [0.4, 0.5) is 0 Å². The highest BCUT2D eigenvalue weighted by molar-refractivity contribution is 5.66. The summed E-state index contributed by atoms with van der Waals surface area (Å²) in [5, 5.41) is 0. The van der Waals surface area contributed by atoms with Crippen molar-refractivity contribution in [2.75, 3.05) is 13.7 Å². The van der Waals surface area contributed by atoms with Gasteiger partial charge in [0.15, 0.2) is 0 Å². The molecule has 102 valence electrons. The Labute approximate surface area is 114 Å². The number of hydrogen-bond donors (Lipinski definition) is 2. The van der Waals surface area contributed by atoms with Crippen LogP contribution in [0.5, 0.6) is 5.75 Å². The second-order valence-electron chi connectivity index (χ2n) is 4.88. The number of imidazole rings is 1. The van der Waals surface area contributed by atoms with Crippen LogP contribution in [0.25, 0.3) is 11.3 Å². The lowest BCUT2D eigenvalue weighted by Crippen LogP contribution is -2.10. The molecule has 3 N–H and O–H groups in total. The molecule has 0 spiro atoms. The Hall–Kier alpha value is -1.81. The van der Waals surface area contributed by atoms with Crippen molar-refractivity contribution in [1.29, 1.82) is 0 Å². The Morgan fingerprint density at radius 1 is 1.32 bits per heavy atom. The van der Waals surface area contributed by atoms with Gasteiger partial charge in [-0.25, -0.2) is 4.98 Å². The number of nitrogens with two attached hydrogens (primary N) is 1. The number of aromatic nitrogens is 2. The SMILES string of the molecule is COc1ccc(-c2cnc(C(C)CN)[nH]2)c(C)c1C. The van der Waals surface area contributed by atoms with Gasteiger partial charge in [-0.1, -0.05) is 6.92 Å². The molecule has 0 fully saturated rings. The first-order valence-corrected chi connectivity index (χ1v) is 6.48. The molecule has 0 aliphatic carbocycles. The van der Waals surface area contributed by atoms with Crippen molar-refractivity contribution in [3.05, 3.63) is 35.3 Å². The predicted molar refractivity (Wildman–Crippen MR) is 77.5 cm³/mol. The fourth-order valence-corrected chi connectivity index (χ4v) is 2.14. The van der Waals surface area contributed by atoms with Crippen LogP contribution in [0.3, 0.4) is 0 Å². The van der Waals surface area contributed by atoms with Gasteiger partial charge in [0.05, 0.1) is 19.0 Å². The molecule has 0 saturated heterocycles. The van der Waals surface area contributed by atoms with Gasteiger partial charge in [-0.2, -0.15) is 0 Å². The smallest absolute Gasteiger partial charge is 0.122 e. The molecule has 0 amide bonds. The van der Waals surface area contributed by atoms with E-state index in [2.05, 4.69) is 36.8 Å². The average Bonchev–Trinajstić information content (AvgIpc) is 2.90. The third kappa shape index (κ3) is 2.49. The van der Waals surface area contributed by atoms with Crippen LogP contribution < -0.4 is 10.5 Å². The van der Waals surface area contributed by atoms with Crippen LogP contribution in [0.15, 0.2) is 18.3 Å². The summed E-state index contributed by atoms with van der Waals surface area (Å²) in [5.41, 5.74) is 10.2. The van der Waals surface area contributed by atoms with Crippen molar-refractivity contribution in [1.82, 2.24) is 9.97 Å². The van der Waals surface area contributed by atoms with Gasteiger partial charge in [0.2, 0.25) is 0 Å². The highest BCUT2D eigenvalue weighted by Gasteiger charge is 2.12. The first kappa shape index (κ1) is 13.6. The summed E-state index contributed by atoms with van der Waals surface area (Å²) in [5.74, 6) is 2.09. The standard InChI is InChI=1S/C15H21N3O/c1-9(7-16)15-17-8-13(18-15)12-5-6-14(19-4)11(3)10(12)2/h5-6,8-9H,7,16H2,1-4H3,(H,17,18). The van der Waals surface area contributed by atoms with E-state index in [4.69, 9.17) is 10.5 Å². The summed E-state index contributed by atoms with van der Waals surface area (Å²) in [7, 11) is 1.69. The van der Waals surface area contributed by atoms with E-state index in [1.807, 2.05) is 12.3 Å². The molecule has 1 unspecified atom stereocenters. The van der Waals surface area contributed by atoms with Crippen LogP contribution >= 0.6 is 0 Å². The van der Waals surface area contributed by atoms with Gasteiger partial charge in [0.1, 0.15) is 11.6 Å². The lowest BCUT2D eigenvalue weighted by Gasteiger charge is -2.11. The number of aromatic amines is 1. The number of methoxy groups -OCH3 is 1. The maximum Gasteiger partial charge on any atom is 0.122 e. The minimum atomic E-state index is 0.244. The number of H-pyrrole nitrogens is 1. The molecular weight excluding hydrogens is 238 g/mol. The maximum atomic E-state index is 5.67. The number of nitrogens with zero attached hydrogens (tertiary/aromatic N) is 1. The molecule has 2 rings (SSSR count). The minimum Gasteiger partial charge on any atom is -0.496 e. The summed E-state index contributed by atoms with van der Waals surface area (Å²) in [6.07, 6.45) is 1.87. The highest BCUT2D eigenvalue weighted by Crippen LogP contribution is 2.30. The van der Waals surface area contributed by atoms with E-state index in [1.165, 1.54) is 5.56 Å². The second-order valence-corrected chi connectivity index (χ2v) is 4.88. The second kappa shape index (κ2) is 5.45. The number of nitrogens with one attached hydrogen (secondary N) is 1. The Morgan fingerprint density at radius 2 is 2.05 bits per heavy atom. The van der Waals surface area contributed by atoms with Crippen molar-refractivity contribution in [2.45, 2.75) is 26.7 Å². The molecule has 1 heterocycles. The zero-order valence-electron chi connectivity index (χ0n) is 11.9. The Balaban J connectivity index is 2.42. The molecule has 19 heavy (non-hydrogen) atoms. The van der Waals surface area contributed by atoms with E-state index in [0.717, 1.165) is 28.4 Å². The van der Waals surface area contributed by atoms with E-state index in [-0.39, 0.29) is 5.92 Å². The molecule has 0 aliphatic rings. The lowest BCUT2D eigenvalue weighted by molar-refractivity contribution is 0.411. The van der Waals surface area contributed by atoms with Crippen molar-refractivity contribution in [3.8, 4) is 17.0 Å². The van der Waals surface area contributed by atoms with Gasteiger partial charge in [0.25, 0.3) is 0 Å². The quantitative estimate of drug-likeness (QED) is 0.887. The van der Waals surface area contributed by atoms with Crippen molar-refractivity contribution in [2.24, 2.45) is 5.73 Å². The van der Waals surface area contributed by atoms with Crippen LogP contribution in [-0.2, 0) is 0 Å². The summed E-state index contributed by atoms with van der Waals surface area (Å²) in [6, 6.07) is 4.05. The van der Waals surface area contributed by atoms with E-state index in [0.29, 0.717) is 6.54 Å². The summed E-state index contributed by atoms with van der Waals surface area (Å²) in [4.78, 5) is 7.76. The average molecular weight is 259 g/mol. The fourth-order valence-electron chi connectivity index (χ4n) is 2.14. The normalized spacial score (nSPS) is 12.5. The van der Waals surface area contributed by atoms with Crippen LogP contribution in [0.2, 0.25) is 0 Å². The Kier molecular flexibility index (Phi) is 3.90. The van der Waals surface area contributed by atoms with Crippen molar-refractivity contribution < 1.29 is 4.74 Å². The van der Waals surface area contributed by atoms with E-state index in [1.54, 1.807) is 7.11 Å². The number of rotatable bonds is 4. The molecule has 0 bridgehead atoms. The lowest BCUT2D eigenvalue weighted by atomic mass is 10.0.